The van der Waals surface area contributed by atoms with Gasteiger partial charge in [-0.1, -0.05) is 0 Å². The van der Waals surface area contributed by atoms with Crippen molar-refractivity contribution < 1.29 is 18.0 Å². The second-order valence-electron chi connectivity index (χ2n) is 8.63. The molecule has 1 saturated heterocycles. The molecular weight excluding hydrogens is 435 g/mol. The van der Waals surface area contributed by atoms with Crippen LogP contribution in [0.3, 0.4) is 0 Å². The number of urea groups is 1. The number of pyridine rings is 2. The van der Waals surface area contributed by atoms with Gasteiger partial charge < -0.3 is 16.0 Å². The molecule has 8 nitrogen and oxygen atoms in total. The highest BCUT2D eigenvalue weighted by molar-refractivity contribution is 5.76. The number of rotatable bonds is 3. The summed E-state index contributed by atoms with van der Waals surface area (Å²) in [6.07, 6.45) is 0.902. The Bertz CT molecular complexity index is 1200. The van der Waals surface area contributed by atoms with E-state index in [2.05, 4.69) is 20.4 Å². The Morgan fingerprint density at radius 3 is 2.67 bits per heavy atom. The standard InChI is InChI=1S/C22H22F3N7O/c1-13(14-2-5-27-6-3-14)29-20(33)31-11-21(12-31)4-7-32-18(21)9-17(30-32)15-8-16(22(23,24)25)19(26)28-10-15/h2-3,5-6,8-10,13H,4,7,11-12H2,1H3,(H2,26,28)(H,29,33)/t13-/m1/s1. The number of nitrogen functional groups attached to an aromatic ring is 1. The van der Waals surface area contributed by atoms with Crippen LogP contribution in [0.15, 0.2) is 42.9 Å². The third kappa shape index (κ3) is 3.66. The summed E-state index contributed by atoms with van der Waals surface area (Å²) in [6.45, 7) is 3.62. The average molecular weight is 457 g/mol. The maximum absolute atomic E-state index is 13.2. The minimum absolute atomic E-state index is 0.152. The van der Waals surface area contributed by atoms with Crippen LogP contribution in [0.5, 0.6) is 0 Å². The van der Waals surface area contributed by atoms with Crippen LogP contribution in [0.25, 0.3) is 11.3 Å². The Morgan fingerprint density at radius 2 is 1.97 bits per heavy atom. The first-order chi connectivity index (χ1) is 15.7. The molecule has 1 spiro atoms. The van der Waals surface area contributed by atoms with Crippen LogP contribution in [-0.2, 0) is 18.1 Å². The molecule has 1 fully saturated rings. The van der Waals surface area contributed by atoms with E-state index in [4.69, 9.17) is 5.73 Å². The van der Waals surface area contributed by atoms with Crippen molar-refractivity contribution in [3.8, 4) is 11.3 Å². The molecule has 2 amide bonds. The fourth-order valence-electron chi connectivity index (χ4n) is 4.61. The van der Waals surface area contributed by atoms with E-state index in [9.17, 15) is 18.0 Å². The Balaban J connectivity index is 1.31. The number of amides is 2. The lowest BCUT2D eigenvalue weighted by Crippen LogP contribution is -2.62. The number of anilines is 1. The molecule has 172 valence electrons. The zero-order valence-electron chi connectivity index (χ0n) is 17.8. The SMILES string of the molecule is C[C@@H](NC(=O)N1CC2(CCn3nc(-c4cnc(N)c(C(F)(F)F)c4)cc32)C1)c1ccncc1. The summed E-state index contributed by atoms with van der Waals surface area (Å²) in [5, 5.41) is 7.49. The molecule has 33 heavy (non-hydrogen) atoms. The fraction of sp³-hybridized carbons (Fsp3) is 0.364. The second-order valence-corrected chi connectivity index (χ2v) is 8.63. The molecule has 2 aliphatic heterocycles. The summed E-state index contributed by atoms with van der Waals surface area (Å²) in [5.41, 5.74) is 6.76. The number of carbonyl (C=O) groups is 1. The molecule has 3 aromatic heterocycles. The van der Waals surface area contributed by atoms with Crippen LogP contribution >= 0.6 is 0 Å². The lowest BCUT2D eigenvalue weighted by atomic mass is 9.76. The van der Waals surface area contributed by atoms with Crippen LogP contribution in [0, 0.1) is 0 Å². The molecule has 5 heterocycles. The van der Waals surface area contributed by atoms with Gasteiger partial charge in [-0.15, -0.1) is 0 Å². The third-order valence-electron chi connectivity index (χ3n) is 6.47. The van der Waals surface area contributed by atoms with E-state index >= 15 is 0 Å². The summed E-state index contributed by atoms with van der Waals surface area (Å²) in [4.78, 5) is 22.1. The first kappa shape index (κ1) is 21.2. The number of nitrogens with one attached hydrogen (secondary N) is 1. The van der Waals surface area contributed by atoms with Gasteiger partial charge in [0.15, 0.2) is 0 Å². The topological polar surface area (TPSA) is 102 Å². The number of nitrogens with two attached hydrogens (primary N) is 1. The molecule has 3 N–H and O–H groups in total. The molecule has 3 aromatic rings. The van der Waals surface area contributed by atoms with Gasteiger partial charge >= 0.3 is 12.2 Å². The summed E-state index contributed by atoms with van der Waals surface area (Å²) >= 11 is 0. The van der Waals surface area contributed by atoms with Gasteiger partial charge in [0.05, 0.1) is 17.3 Å². The minimum atomic E-state index is -4.59. The predicted octanol–water partition coefficient (Wildman–Crippen LogP) is 3.37. The number of hydrogen-bond donors (Lipinski definition) is 2. The number of aromatic nitrogens is 4. The van der Waals surface area contributed by atoms with E-state index in [0.717, 1.165) is 23.7 Å². The Hall–Kier alpha value is -3.63. The quantitative estimate of drug-likeness (QED) is 0.628. The number of halogens is 3. The molecule has 0 unspecified atom stereocenters. The van der Waals surface area contributed by atoms with Crippen molar-refractivity contribution in [2.24, 2.45) is 0 Å². The maximum Gasteiger partial charge on any atom is 0.419 e. The monoisotopic (exact) mass is 457 g/mol. The zero-order chi connectivity index (χ0) is 23.4. The van der Waals surface area contributed by atoms with E-state index in [0.29, 0.717) is 25.3 Å². The number of hydrogen-bond acceptors (Lipinski definition) is 5. The van der Waals surface area contributed by atoms with Crippen LogP contribution in [0.2, 0.25) is 0 Å². The van der Waals surface area contributed by atoms with Gasteiger partial charge in [-0.3, -0.25) is 9.67 Å². The van der Waals surface area contributed by atoms with Crippen molar-refractivity contribution in [1.82, 2.24) is 30.0 Å². The number of fused-ring (bicyclic) bond motifs is 2. The molecule has 0 radical (unpaired) electrons. The molecule has 0 saturated carbocycles. The van der Waals surface area contributed by atoms with Crippen molar-refractivity contribution in [3.05, 3.63) is 59.7 Å². The van der Waals surface area contributed by atoms with Gasteiger partial charge in [0.2, 0.25) is 0 Å². The van der Waals surface area contributed by atoms with E-state index < -0.39 is 17.6 Å². The Morgan fingerprint density at radius 1 is 1.24 bits per heavy atom. The summed E-state index contributed by atoms with van der Waals surface area (Å²) < 4.78 is 41.5. The fourth-order valence-corrected chi connectivity index (χ4v) is 4.61. The highest BCUT2D eigenvalue weighted by Crippen LogP contribution is 2.44. The highest BCUT2D eigenvalue weighted by Gasteiger charge is 2.51. The maximum atomic E-state index is 13.2. The Labute approximate surface area is 187 Å². The van der Waals surface area contributed by atoms with Crippen molar-refractivity contribution in [3.63, 3.8) is 0 Å². The van der Waals surface area contributed by atoms with E-state index in [1.807, 2.05) is 23.7 Å². The second kappa shape index (κ2) is 7.46. The molecular formula is C22H22F3N7O. The van der Waals surface area contributed by atoms with Crippen molar-refractivity contribution in [2.75, 3.05) is 18.8 Å². The average Bonchev–Trinajstić information content (AvgIpc) is 3.32. The number of aryl methyl sites for hydroxylation is 1. The zero-order valence-corrected chi connectivity index (χ0v) is 17.8. The van der Waals surface area contributed by atoms with Crippen molar-refractivity contribution in [2.45, 2.75) is 37.5 Å². The molecule has 0 aliphatic carbocycles. The van der Waals surface area contributed by atoms with Gasteiger partial charge in [0.25, 0.3) is 0 Å². The van der Waals surface area contributed by atoms with Crippen molar-refractivity contribution in [1.29, 1.82) is 0 Å². The molecule has 0 bridgehead atoms. The number of carbonyl (C=O) groups excluding carboxylic acids is 1. The normalized spacial score (nSPS) is 17.5. The molecule has 5 rings (SSSR count). The predicted molar refractivity (Wildman–Crippen MR) is 114 cm³/mol. The number of nitrogens with zero attached hydrogens (tertiary/aromatic N) is 5. The largest absolute Gasteiger partial charge is 0.419 e. The molecule has 1 atom stereocenters. The molecule has 0 aromatic carbocycles. The molecule has 2 aliphatic rings. The van der Waals surface area contributed by atoms with Crippen LogP contribution in [-0.4, -0.2) is 43.8 Å². The van der Waals surface area contributed by atoms with Gasteiger partial charge in [0.1, 0.15) is 5.82 Å². The van der Waals surface area contributed by atoms with E-state index in [1.165, 1.54) is 6.20 Å². The van der Waals surface area contributed by atoms with Crippen molar-refractivity contribution >= 4 is 11.8 Å². The van der Waals surface area contributed by atoms with Gasteiger partial charge in [-0.2, -0.15) is 18.3 Å². The highest BCUT2D eigenvalue weighted by atomic mass is 19.4. The summed E-state index contributed by atoms with van der Waals surface area (Å²) in [7, 11) is 0. The minimum Gasteiger partial charge on any atom is -0.383 e. The van der Waals surface area contributed by atoms with Crippen LogP contribution < -0.4 is 11.1 Å². The Kier molecular flexibility index (Phi) is 4.80. The smallest absolute Gasteiger partial charge is 0.383 e. The lowest BCUT2D eigenvalue weighted by molar-refractivity contribution is -0.137. The van der Waals surface area contributed by atoms with Gasteiger partial charge in [-0.05, 0) is 43.2 Å². The number of likely N-dealkylation sites (tertiary alicyclic amines) is 1. The van der Waals surface area contributed by atoms with Gasteiger partial charge in [-0.25, -0.2) is 9.78 Å². The first-order valence-corrected chi connectivity index (χ1v) is 10.5. The molecule has 11 heteroatoms. The lowest BCUT2D eigenvalue weighted by Gasteiger charge is -2.47. The van der Waals surface area contributed by atoms with Crippen LogP contribution in [0.4, 0.5) is 23.8 Å². The first-order valence-electron chi connectivity index (χ1n) is 10.5. The third-order valence-corrected chi connectivity index (χ3v) is 6.47. The van der Waals surface area contributed by atoms with E-state index in [1.54, 1.807) is 23.4 Å². The van der Waals surface area contributed by atoms with Gasteiger partial charge in [0, 0.05) is 54.9 Å². The van der Waals surface area contributed by atoms with E-state index in [-0.39, 0.29) is 23.1 Å². The summed E-state index contributed by atoms with van der Waals surface area (Å²) in [5.74, 6) is -0.559. The summed E-state index contributed by atoms with van der Waals surface area (Å²) in [6, 6.07) is 6.19. The van der Waals surface area contributed by atoms with Crippen LogP contribution in [0.1, 0.15) is 36.2 Å². The number of alkyl halides is 3.